The molecule has 11 nitrogen and oxygen atoms in total. The Morgan fingerprint density at radius 2 is 1.82 bits per heavy atom. The first-order valence-corrected chi connectivity index (χ1v) is 11.5. The van der Waals surface area contributed by atoms with Crippen molar-refractivity contribution >= 4 is 43.8 Å². The Hall–Kier alpha value is -4.45. The molecule has 0 saturated heterocycles. The van der Waals surface area contributed by atoms with Crippen LogP contribution in [0.15, 0.2) is 76.7 Å². The van der Waals surface area contributed by atoms with Crippen molar-refractivity contribution in [2.24, 2.45) is 5.10 Å². The average Bonchev–Trinajstić information content (AvgIpc) is 3.27. The summed E-state index contributed by atoms with van der Waals surface area (Å²) in [6.07, 6.45) is 0. The van der Waals surface area contributed by atoms with Gasteiger partial charge in [-0.05, 0) is 37.3 Å². The molecule has 0 aliphatic carbocycles. The van der Waals surface area contributed by atoms with E-state index in [1.165, 1.54) is 25.3 Å². The standard InChI is InChI=1S/C22H20N6O5S/c1-14(22-23-16-7-3-4-8-17(16)24-22)25-26-19-12-11-15(28(29)30)13-21(19)34(31,32)27-18-9-5-6-10-20(18)33-2/h3-13,26-27H,1-2H3,(H,23,24)/b25-14+. The van der Waals surface area contributed by atoms with Crippen LogP contribution in [0.1, 0.15) is 12.7 Å². The Morgan fingerprint density at radius 1 is 1.09 bits per heavy atom. The van der Waals surface area contributed by atoms with Gasteiger partial charge in [-0.25, -0.2) is 13.4 Å². The number of ether oxygens (including phenoxy) is 1. The first kappa shape index (κ1) is 22.7. The normalized spacial score (nSPS) is 11.9. The molecule has 0 aliphatic heterocycles. The molecule has 4 rings (SSSR count). The zero-order valence-corrected chi connectivity index (χ0v) is 19.0. The molecule has 0 saturated carbocycles. The number of hydrogen-bond acceptors (Lipinski definition) is 8. The van der Waals surface area contributed by atoms with Gasteiger partial charge in [-0.15, -0.1) is 0 Å². The van der Waals surface area contributed by atoms with Gasteiger partial charge < -0.3 is 9.72 Å². The first-order chi connectivity index (χ1) is 16.3. The number of hydrazone groups is 1. The summed E-state index contributed by atoms with van der Waals surface area (Å²) in [4.78, 5) is 17.9. The number of benzene rings is 3. The number of nitro groups is 1. The van der Waals surface area contributed by atoms with Gasteiger partial charge in [0.05, 0.1) is 34.4 Å². The maximum atomic E-state index is 13.2. The highest BCUT2D eigenvalue weighted by molar-refractivity contribution is 7.93. The molecule has 34 heavy (non-hydrogen) atoms. The van der Waals surface area contributed by atoms with E-state index in [2.05, 4.69) is 25.2 Å². The van der Waals surface area contributed by atoms with Gasteiger partial charge in [-0.1, -0.05) is 24.3 Å². The lowest BCUT2D eigenvalue weighted by Crippen LogP contribution is -2.16. The summed E-state index contributed by atoms with van der Waals surface area (Å²) in [5.74, 6) is 0.789. The monoisotopic (exact) mass is 480 g/mol. The van der Waals surface area contributed by atoms with E-state index in [-0.39, 0.29) is 22.0 Å². The van der Waals surface area contributed by atoms with Crippen LogP contribution in [0.5, 0.6) is 5.75 Å². The van der Waals surface area contributed by atoms with Crippen LogP contribution in [0.3, 0.4) is 0 Å². The Bertz CT molecular complexity index is 1480. The Balaban J connectivity index is 1.70. The van der Waals surface area contributed by atoms with Crippen molar-refractivity contribution in [2.75, 3.05) is 17.3 Å². The Kier molecular flexibility index (Phi) is 6.15. The SMILES string of the molecule is COc1ccccc1NS(=O)(=O)c1cc([N+](=O)[O-])ccc1N/N=C(\C)c1nc2ccccc2[nH]1. The molecule has 1 aromatic heterocycles. The third-order valence-corrected chi connectivity index (χ3v) is 6.30. The molecule has 0 aliphatic rings. The van der Waals surface area contributed by atoms with Crippen LogP contribution >= 0.6 is 0 Å². The number of rotatable bonds is 8. The van der Waals surface area contributed by atoms with Gasteiger partial charge in [-0.2, -0.15) is 5.10 Å². The molecule has 1 heterocycles. The number of non-ortho nitro benzene ring substituents is 1. The van der Waals surface area contributed by atoms with Crippen molar-refractivity contribution in [2.45, 2.75) is 11.8 Å². The maximum Gasteiger partial charge on any atom is 0.270 e. The summed E-state index contributed by atoms with van der Waals surface area (Å²) in [7, 11) is -2.85. The maximum absolute atomic E-state index is 13.2. The van der Waals surface area contributed by atoms with E-state index in [1.54, 1.807) is 25.1 Å². The molecule has 3 aromatic carbocycles. The number of hydrogen-bond donors (Lipinski definition) is 3. The van der Waals surface area contributed by atoms with E-state index < -0.39 is 14.9 Å². The van der Waals surface area contributed by atoms with E-state index in [1.807, 2.05) is 24.3 Å². The summed E-state index contributed by atoms with van der Waals surface area (Å²) in [6, 6.07) is 17.3. The largest absolute Gasteiger partial charge is 0.495 e. The van der Waals surface area contributed by atoms with Crippen LogP contribution in [-0.2, 0) is 10.0 Å². The van der Waals surface area contributed by atoms with E-state index in [4.69, 9.17) is 4.74 Å². The number of nitrogens with zero attached hydrogens (tertiary/aromatic N) is 3. The number of nitro benzene ring substituents is 1. The van der Waals surface area contributed by atoms with Crippen molar-refractivity contribution in [1.29, 1.82) is 0 Å². The van der Waals surface area contributed by atoms with Gasteiger partial charge in [0.1, 0.15) is 16.4 Å². The van der Waals surface area contributed by atoms with Crippen molar-refractivity contribution in [3.05, 3.63) is 82.7 Å². The van der Waals surface area contributed by atoms with E-state index in [0.29, 0.717) is 17.3 Å². The molecule has 0 radical (unpaired) electrons. The minimum atomic E-state index is -4.26. The number of anilines is 2. The third-order valence-electron chi connectivity index (χ3n) is 4.89. The topological polar surface area (TPSA) is 152 Å². The second-order valence-corrected chi connectivity index (χ2v) is 8.81. The number of aromatic amines is 1. The van der Waals surface area contributed by atoms with Crippen molar-refractivity contribution < 1.29 is 18.1 Å². The van der Waals surface area contributed by atoms with Gasteiger partial charge in [0, 0.05) is 12.1 Å². The van der Waals surface area contributed by atoms with Crippen LogP contribution in [0.2, 0.25) is 0 Å². The van der Waals surface area contributed by atoms with Gasteiger partial charge >= 0.3 is 0 Å². The lowest BCUT2D eigenvalue weighted by atomic mass is 10.3. The highest BCUT2D eigenvalue weighted by Gasteiger charge is 2.24. The van der Waals surface area contributed by atoms with Gasteiger partial charge in [-0.3, -0.25) is 20.3 Å². The fourth-order valence-corrected chi connectivity index (χ4v) is 4.44. The summed E-state index contributed by atoms with van der Waals surface area (Å²) in [6.45, 7) is 1.69. The first-order valence-electron chi connectivity index (χ1n) is 9.98. The van der Waals surface area contributed by atoms with Crippen LogP contribution in [0.25, 0.3) is 11.0 Å². The van der Waals surface area contributed by atoms with Crippen molar-refractivity contribution in [3.8, 4) is 5.75 Å². The lowest BCUT2D eigenvalue weighted by molar-refractivity contribution is -0.385. The molecular formula is C22H20N6O5S. The zero-order chi connectivity index (χ0) is 24.3. The number of para-hydroxylation sites is 4. The van der Waals surface area contributed by atoms with Crippen LogP contribution in [0, 0.1) is 10.1 Å². The van der Waals surface area contributed by atoms with Gasteiger partial charge in [0.2, 0.25) is 0 Å². The molecule has 0 fully saturated rings. The van der Waals surface area contributed by atoms with Gasteiger partial charge in [0.25, 0.3) is 15.7 Å². The summed E-state index contributed by atoms with van der Waals surface area (Å²) < 4.78 is 34.0. The summed E-state index contributed by atoms with van der Waals surface area (Å²) in [5.41, 5.74) is 4.58. The molecule has 0 unspecified atom stereocenters. The van der Waals surface area contributed by atoms with Crippen LogP contribution in [0.4, 0.5) is 17.1 Å². The number of imidazole rings is 1. The fraction of sp³-hybridized carbons (Fsp3) is 0.0909. The highest BCUT2D eigenvalue weighted by Crippen LogP contribution is 2.31. The molecule has 0 amide bonds. The van der Waals surface area contributed by atoms with Crippen molar-refractivity contribution in [1.82, 2.24) is 9.97 Å². The second-order valence-electron chi connectivity index (χ2n) is 7.15. The average molecular weight is 481 g/mol. The number of aromatic nitrogens is 2. The number of sulfonamides is 1. The lowest BCUT2D eigenvalue weighted by Gasteiger charge is -2.14. The minimum absolute atomic E-state index is 0.0449. The quantitative estimate of drug-likeness (QED) is 0.195. The number of methoxy groups -OCH3 is 1. The van der Waals surface area contributed by atoms with Crippen LogP contribution < -0.4 is 14.9 Å². The number of fused-ring (bicyclic) bond motifs is 1. The minimum Gasteiger partial charge on any atom is -0.495 e. The molecule has 0 spiro atoms. The number of nitrogens with one attached hydrogen (secondary N) is 3. The zero-order valence-electron chi connectivity index (χ0n) is 18.1. The predicted octanol–water partition coefficient (Wildman–Crippen LogP) is 4.12. The van der Waals surface area contributed by atoms with E-state index >= 15 is 0 Å². The highest BCUT2D eigenvalue weighted by atomic mass is 32.2. The van der Waals surface area contributed by atoms with E-state index in [0.717, 1.165) is 17.1 Å². The molecular weight excluding hydrogens is 460 g/mol. The molecule has 3 N–H and O–H groups in total. The second kappa shape index (κ2) is 9.19. The smallest absolute Gasteiger partial charge is 0.270 e. The molecule has 0 bridgehead atoms. The van der Waals surface area contributed by atoms with Gasteiger partial charge in [0.15, 0.2) is 5.82 Å². The summed E-state index contributed by atoms with van der Waals surface area (Å²) >= 11 is 0. The Labute approximate surface area is 194 Å². The third kappa shape index (κ3) is 4.66. The van der Waals surface area contributed by atoms with Crippen molar-refractivity contribution in [3.63, 3.8) is 0 Å². The Morgan fingerprint density at radius 3 is 2.56 bits per heavy atom. The van der Waals surface area contributed by atoms with Crippen LogP contribution in [-0.4, -0.2) is 36.1 Å². The van der Waals surface area contributed by atoms with E-state index in [9.17, 15) is 18.5 Å². The molecule has 174 valence electrons. The predicted molar refractivity (Wildman–Crippen MR) is 129 cm³/mol. The number of H-pyrrole nitrogens is 1. The summed E-state index contributed by atoms with van der Waals surface area (Å²) in [5, 5.41) is 15.5. The molecule has 0 atom stereocenters. The fourth-order valence-electron chi connectivity index (χ4n) is 3.19. The molecule has 4 aromatic rings. The molecule has 12 heteroatoms.